The first kappa shape index (κ1) is 16.1. The van der Waals surface area contributed by atoms with Crippen molar-refractivity contribution in [1.82, 2.24) is 9.97 Å². The third kappa shape index (κ3) is 4.16. The third-order valence-electron chi connectivity index (χ3n) is 2.93. The van der Waals surface area contributed by atoms with Crippen LogP contribution in [0.1, 0.15) is 16.1 Å². The second-order valence-electron chi connectivity index (χ2n) is 4.62. The highest BCUT2D eigenvalue weighted by Crippen LogP contribution is 2.25. The van der Waals surface area contributed by atoms with Gasteiger partial charge in [-0.25, -0.2) is 9.78 Å². The second kappa shape index (κ2) is 7.21. The van der Waals surface area contributed by atoms with Crippen molar-refractivity contribution in [2.75, 3.05) is 0 Å². The van der Waals surface area contributed by atoms with Crippen molar-refractivity contribution < 1.29 is 9.53 Å². The van der Waals surface area contributed by atoms with Gasteiger partial charge in [0.15, 0.2) is 0 Å². The number of hydrogen-bond acceptors (Lipinski definition) is 5. The number of benzene rings is 1. The summed E-state index contributed by atoms with van der Waals surface area (Å²) in [6, 6.07) is 9.11. The second-order valence-corrected chi connectivity index (χ2v) is 6.83. The summed E-state index contributed by atoms with van der Waals surface area (Å²) in [5.74, 6) is -0.431. The van der Waals surface area contributed by atoms with Crippen LogP contribution in [0.15, 0.2) is 52.6 Å². The van der Waals surface area contributed by atoms with Gasteiger partial charge in [-0.15, -0.1) is 11.3 Å². The van der Waals surface area contributed by atoms with E-state index in [1.54, 1.807) is 12.3 Å². The lowest BCUT2D eigenvalue weighted by Gasteiger charge is -2.02. The Morgan fingerprint density at radius 1 is 1.26 bits per heavy atom. The molecular formula is C16H10BrClN2O2S. The molecular weight excluding hydrogens is 400 g/mol. The van der Waals surface area contributed by atoms with Crippen LogP contribution in [0.25, 0.3) is 10.6 Å². The van der Waals surface area contributed by atoms with Gasteiger partial charge in [-0.1, -0.05) is 23.7 Å². The summed E-state index contributed by atoms with van der Waals surface area (Å²) in [6.07, 6.45) is 3.07. The molecule has 0 bridgehead atoms. The summed E-state index contributed by atoms with van der Waals surface area (Å²) >= 11 is 10.6. The zero-order valence-corrected chi connectivity index (χ0v) is 14.9. The predicted octanol–water partition coefficient (Wildman–Crippen LogP) is 4.98. The number of nitrogens with zero attached hydrogens (tertiary/aromatic N) is 2. The van der Waals surface area contributed by atoms with Gasteiger partial charge in [-0.2, -0.15) is 0 Å². The Balaban J connectivity index is 1.65. The molecule has 116 valence electrons. The molecule has 0 aliphatic heterocycles. The Kier molecular flexibility index (Phi) is 5.05. The van der Waals surface area contributed by atoms with Gasteiger partial charge in [-0.05, 0) is 34.1 Å². The van der Waals surface area contributed by atoms with Crippen LogP contribution in [0.4, 0.5) is 0 Å². The molecule has 0 saturated heterocycles. The summed E-state index contributed by atoms with van der Waals surface area (Å²) in [4.78, 5) is 20.4. The van der Waals surface area contributed by atoms with Crippen LogP contribution < -0.4 is 0 Å². The van der Waals surface area contributed by atoms with Crippen molar-refractivity contribution in [2.24, 2.45) is 0 Å². The average molecular weight is 410 g/mol. The largest absolute Gasteiger partial charge is 0.456 e. The van der Waals surface area contributed by atoms with E-state index < -0.39 is 5.97 Å². The van der Waals surface area contributed by atoms with Gasteiger partial charge < -0.3 is 4.74 Å². The Morgan fingerprint density at radius 2 is 2.04 bits per heavy atom. The van der Waals surface area contributed by atoms with E-state index in [1.807, 2.05) is 29.6 Å². The topological polar surface area (TPSA) is 52.1 Å². The van der Waals surface area contributed by atoms with Crippen LogP contribution in [0, 0.1) is 0 Å². The van der Waals surface area contributed by atoms with Crippen molar-refractivity contribution in [3.63, 3.8) is 0 Å². The van der Waals surface area contributed by atoms with E-state index in [1.165, 1.54) is 17.5 Å². The van der Waals surface area contributed by atoms with Crippen LogP contribution in [0.3, 0.4) is 0 Å². The molecule has 3 rings (SSSR count). The molecule has 2 aromatic heterocycles. The van der Waals surface area contributed by atoms with Crippen molar-refractivity contribution in [1.29, 1.82) is 0 Å². The molecule has 7 heteroatoms. The molecule has 4 nitrogen and oxygen atoms in total. The highest BCUT2D eigenvalue weighted by molar-refractivity contribution is 9.10. The number of hydrogen-bond donors (Lipinski definition) is 0. The Bertz CT molecular complexity index is 836. The molecule has 0 saturated carbocycles. The number of carbonyl (C=O) groups is 1. The van der Waals surface area contributed by atoms with E-state index in [9.17, 15) is 4.79 Å². The predicted molar refractivity (Wildman–Crippen MR) is 93.6 cm³/mol. The maximum Gasteiger partial charge on any atom is 0.340 e. The lowest BCUT2D eigenvalue weighted by molar-refractivity contribution is 0.0468. The van der Waals surface area contributed by atoms with E-state index in [-0.39, 0.29) is 6.61 Å². The van der Waals surface area contributed by atoms with E-state index >= 15 is 0 Å². The monoisotopic (exact) mass is 408 g/mol. The highest BCUT2D eigenvalue weighted by Gasteiger charge is 2.10. The van der Waals surface area contributed by atoms with Crippen LogP contribution in [-0.2, 0) is 11.3 Å². The summed E-state index contributed by atoms with van der Waals surface area (Å²) in [7, 11) is 0. The zero-order chi connectivity index (χ0) is 16.2. The minimum absolute atomic E-state index is 0.120. The first-order valence-corrected chi connectivity index (χ1v) is 8.65. The van der Waals surface area contributed by atoms with Gasteiger partial charge >= 0.3 is 5.97 Å². The lowest BCUT2D eigenvalue weighted by atomic mass is 10.2. The zero-order valence-electron chi connectivity index (χ0n) is 11.7. The Hall–Kier alpha value is -1.76. The quantitative estimate of drug-likeness (QED) is 0.570. The van der Waals surface area contributed by atoms with Crippen molar-refractivity contribution in [2.45, 2.75) is 6.61 Å². The summed E-state index contributed by atoms with van der Waals surface area (Å²) in [5.41, 5.74) is 2.08. The van der Waals surface area contributed by atoms with Gasteiger partial charge in [0.2, 0.25) is 0 Å². The van der Waals surface area contributed by atoms with Crippen molar-refractivity contribution >= 4 is 44.8 Å². The fourth-order valence-corrected chi connectivity index (χ4v) is 3.15. The number of aromatic nitrogens is 2. The third-order valence-corrected chi connectivity index (χ3v) is 4.56. The van der Waals surface area contributed by atoms with Gasteiger partial charge in [-0.3, -0.25) is 4.98 Å². The molecule has 0 atom stereocenters. The van der Waals surface area contributed by atoms with Crippen LogP contribution in [0.2, 0.25) is 5.02 Å². The number of ether oxygens (including phenoxy) is 1. The molecule has 23 heavy (non-hydrogen) atoms. The van der Waals surface area contributed by atoms with E-state index in [0.29, 0.717) is 16.3 Å². The first-order chi connectivity index (χ1) is 11.1. The Morgan fingerprint density at radius 3 is 2.78 bits per heavy atom. The van der Waals surface area contributed by atoms with Crippen molar-refractivity contribution in [3.8, 4) is 10.6 Å². The lowest BCUT2D eigenvalue weighted by Crippen LogP contribution is -2.05. The van der Waals surface area contributed by atoms with E-state index in [2.05, 4.69) is 25.9 Å². The molecule has 0 radical (unpaired) electrons. The minimum atomic E-state index is -0.431. The molecule has 0 amide bonds. The SMILES string of the molecule is O=C(OCc1csc(-c2ccc(Cl)cc2)n1)c1cncc(Br)c1. The maximum absolute atomic E-state index is 12.0. The van der Waals surface area contributed by atoms with Gasteiger partial charge in [0.05, 0.1) is 11.3 Å². The fourth-order valence-electron chi connectivity index (χ4n) is 1.84. The first-order valence-electron chi connectivity index (χ1n) is 6.60. The minimum Gasteiger partial charge on any atom is -0.456 e. The molecule has 2 heterocycles. The normalized spacial score (nSPS) is 10.5. The number of pyridine rings is 1. The smallest absolute Gasteiger partial charge is 0.340 e. The van der Waals surface area contributed by atoms with Gasteiger partial charge in [0, 0.05) is 32.8 Å². The standard InChI is InChI=1S/C16H10BrClN2O2S/c17-12-5-11(6-19-7-12)16(21)22-8-14-9-23-15(20-14)10-1-3-13(18)4-2-10/h1-7,9H,8H2. The molecule has 0 N–H and O–H groups in total. The van der Waals surface area contributed by atoms with E-state index in [4.69, 9.17) is 16.3 Å². The fraction of sp³-hybridized carbons (Fsp3) is 0.0625. The molecule has 1 aromatic carbocycles. The molecule has 3 aromatic rings. The number of carbonyl (C=O) groups excluding carboxylic acids is 1. The molecule has 0 spiro atoms. The van der Waals surface area contributed by atoms with Crippen LogP contribution in [-0.4, -0.2) is 15.9 Å². The summed E-state index contributed by atoms with van der Waals surface area (Å²) < 4.78 is 5.99. The maximum atomic E-state index is 12.0. The summed E-state index contributed by atoms with van der Waals surface area (Å²) in [6.45, 7) is 0.120. The summed E-state index contributed by atoms with van der Waals surface area (Å²) in [5, 5.41) is 3.41. The van der Waals surface area contributed by atoms with Crippen LogP contribution >= 0.6 is 38.9 Å². The van der Waals surface area contributed by atoms with Gasteiger partial charge in [0.1, 0.15) is 11.6 Å². The van der Waals surface area contributed by atoms with E-state index in [0.717, 1.165) is 15.0 Å². The number of thiazole rings is 1. The van der Waals surface area contributed by atoms with Crippen molar-refractivity contribution in [3.05, 3.63) is 68.9 Å². The number of rotatable bonds is 4. The van der Waals surface area contributed by atoms with Gasteiger partial charge in [0.25, 0.3) is 0 Å². The highest BCUT2D eigenvalue weighted by atomic mass is 79.9. The average Bonchev–Trinajstić information content (AvgIpc) is 3.02. The molecule has 0 unspecified atom stereocenters. The Labute approximate surface area is 150 Å². The van der Waals surface area contributed by atoms with Crippen LogP contribution in [0.5, 0.6) is 0 Å². The number of halogens is 2. The molecule has 0 aliphatic carbocycles. The number of esters is 1. The molecule has 0 fully saturated rings. The molecule has 0 aliphatic rings.